The molecule has 0 aromatic heterocycles. The summed E-state index contributed by atoms with van der Waals surface area (Å²) >= 11 is 0. The molecule has 1 aromatic rings. The van der Waals surface area contributed by atoms with E-state index >= 15 is 0 Å². The zero-order valence-electron chi connectivity index (χ0n) is 57.7. The Bertz CT molecular complexity index is 1620. The predicted molar refractivity (Wildman–Crippen MR) is 374 cm³/mol. The first kappa shape index (κ1) is 81.7. The molecule has 0 N–H and O–H groups in total. The molecule has 0 amide bonds. The monoisotopic (exact) mass is 1230 g/mol. The van der Waals surface area contributed by atoms with Crippen molar-refractivity contribution in [3.8, 4) is 0 Å². The normalized spacial score (nSPS) is 11.7. The highest BCUT2D eigenvalue weighted by atomic mass is 17.0. The molecule has 0 atom stereocenters. The van der Waals surface area contributed by atoms with E-state index in [1.54, 1.807) is 24.3 Å². The molecule has 0 unspecified atom stereocenters. The molecule has 10 heteroatoms. The molecule has 1 rings (SSSR count). The Balaban J connectivity index is 3.04. The Kier molecular flexibility index (Phi) is 60.9. The first-order valence-corrected chi connectivity index (χ1v) is 37.5. The Morgan fingerprint density at radius 2 is 0.409 bits per heavy atom. The second-order valence-electron chi connectivity index (χ2n) is 25.2. The fourth-order valence-corrected chi connectivity index (χ4v) is 10.9. The lowest BCUT2D eigenvalue weighted by Crippen LogP contribution is -2.35. The highest BCUT2D eigenvalue weighted by Gasteiger charge is 2.28. The van der Waals surface area contributed by atoms with E-state index in [9.17, 15) is 19.2 Å². The van der Waals surface area contributed by atoms with E-state index in [-0.39, 0.29) is 37.1 Å². The van der Waals surface area contributed by atoms with Gasteiger partial charge in [0.1, 0.15) is 11.4 Å². The Morgan fingerprint density at radius 1 is 0.250 bits per heavy atom. The van der Waals surface area contributed by atoms with Gasteiger partial charge in [-0.1, -0.05) is 294 Å². The summed E-state index contributed by atoms with van der Waals surface area (Å²) in [4.78, 5) is 78.3. The third kappa shape index (κ3) is 54.6. The second kappa shape index (κ2) is 65.6. The molecule has 0 spiro atoms. The standard InChI is InChI=1S/C78H136N2O8/c1-5-9-13-17-21-25-29-33-37-41-45-49-53-57-61-69-75(81)85-79(86-76(82)70-62-58-54-50-46-42-38-34-30-26-22-18-14-10-6-2)73-67-65-66-68-74(73)80(87-77(83)71-63-59-55-51-47-43-39-35-31-27-23-19-15-11-7-3)88-78(84)72-64-60-56-52-48-44-40-36-32-28-24-20-16-12-8-4/h33-40,65-68H,5-32,41-64,69-72H2,1-4H3/b37-33-,38-34-,39-35-,40-36-. The Labute approximate surface area is 541 Å². The van der Waals surface area contributed by atoms with Crippen molar-refractivity contribution in [2.45, 2.75) is 387 Å². The van der Waals surface area contributed by atoms with Gasteiger partial charge in [-0.25, -0.2) is 19.2 Å². The van der Waals surface area contributed by atoms with Crippen LogP contribution in [-0.2, 0) is 38.5 Å². The molecular weight excluding hydrogens is 1090 g/mol. The third-order valence-electron chi connectivity index (χ3n) is 16.6. The van der Waals surface area contributed by atoms with Crippen molar-refractivity contribution in [2.24, 2.45) is 0 Å². The maximum absolute atomic E-state index is 13.7. The zero-order valence-corrected chi connectivity index (χ0v) is 57.7. The molecule has 0 saturated heterocycles. The molecule has 1 aromatic carbocycles. The number of hydrogen-bond acceptors (Lipinski definition) is 10. The molecular formula is C78H136N2O8. The van der Waals surface area contributed by atoms with E-state index < -0.39 is 23.9 Å². The number of unbranched alkanes of at least 4 members (excludes halogenated alkanes) is 44. The summed E-state index contributed by atoms with van der Waals surface area (Å²) in [6.07, 6.45) is 78.5. The molecule has 0 aliphatic carbocycles. The van der Waals surface area contributed by atoms with Crippen molar-refractivity contribution < 1.29 is 38.5 Å². The maximum Gasteiger partial charge on any atom is 0.336 e. The Morgan fingerprint density at radius 3 is 0.591 bits per heavy atom. The van der Waals surface area contributed by atoms with Crippen molar-refractivity contribution in [3.63, 3.8) is 0 Å². The van der Waals surface area contributed by atoms with Gasteiger partial charge in [0, 0.05) is 25.7 Å². The fourth-order valence-electron chi connectivity index (χ4n) is 10.9. The topological polar surface area (TPSA) is 112 Å². The second-order valence-corrected chi connectivity index (χ2v) is 25.2. The van der Waals surface area contributed by atoms with Gasteiger partial charge in [-0.05, 0) is 151 Å². The summed E-state index contributed by atoms with van der Waals surface area (Å²) in [5.41, 5.74) is 0.168. The molecule has 0 aliphatic heterocycles. The molecule has 10 nitrogen and oxygen atoms in total. The molecule has 0 aliphatic rings. The van der Waals surface area contributed by atoms with Crippen molar-refractivity contribution in [1.29, 1.82) is 0 Å². The van der Waals surface area contributed by atoms with Crippen LogP contribution in [0.5, 0.6) is 0 Å². The number of hydrogen-bond donors (Lipinski definition) is 0. The van der Waals surface area contributed by atoms with Crippen LogP contribution < -0.4 is 10.5 Å². The maximum atomic E-state index is 13.7. The van der Waals surface area contributed by atoms with Crippen molar-refractivity contribution in [2.75, 3.05) is 10.5 Å². The van der Waals surface area contributed by atoms with Crippen molar-refractivity contribution in [1.82, 2.24) is 0 Å². The van der Waals surface area contributed by atoms with E-state index in [2.05, 4.69) is 76.3 Å². The summed E-state index contributed by atoms with van der Waals surface area (Å²) in [5.74, 6) is -2.24. The van der Waals surface area contributed by atoms with Gasteiger partial charge >= 0.3 is 23.9 Å². The minimum Gasteiger partial charge on any atom is -0.306 e. The molecule has 506 valence electrons. The molecule has 88 heavy (non-hydrogen) atoms. The van der Waals surface area contributed by atoms with Crippen LogP contribution in [0.4, 0.5) is 11.4 Å². The van der Waals surface area contributed by atoms with E-state index in [0.717, 1.165) is 165 Å². The van der Waals surface area contributed by atoms with Gasteiger partial charge in [-0.15, -0.1) is 0 Å². The van der Waals surface area contributed by atoms with Gasteiger partial charge in [0.2, 0.25) is 0 Å². The largest absolute Gasteiger partial charge is 0.336 e. The highest BCUT2D eigenvalue weighted by Crippen LogP contribution is 2.32. The summed E-state index contributed by atoms with van der Waals surface area (Å²) < 4.78 is 0. The van der Waals surface area contributed by atoms with Crippen LogP contribution in [0.1, 0.15) is 387 Å². The number of para-hydroxylation sites is 2. The average molecular weight is 1230 g/mol. The fraction of sp³-hybridized carbons (Fsp3) is 0.769. The summed E-state index contributed by atoms with van der Waals surface area (Å²) in [6, 6.07) is 6.62. The van der Waals surface area contributed by atoms with Crippen LogP contribution in [-0.4, -0.2) is 23.9 Å². The Hall–Kier alpha value is -4.34. The first-order valence-electron chi connectivity index (χ1n) is 37.5. The molecule has 0 bridgehead atoms. The zero-order chi connectivity index (χ0) is 63.5. The van der Waals surface area contributed by atoms with Crippen LogP contribution in [0, 0.1) is 0 Å². The van der Waals surface area contributed by atoms with Gasteiger partial charge in [0.15, 0.2) is 0 Å². The van der Waals surface area contributed by atoms with Crippen LogP contribution in [0.2, 0.25) is 0 Å². The molecule has 0 fully saturated rings. The van der Waals surface area contributed by atoms with Crippen molar-refractivity contribution in [3.05, 3.63) is 72.9 Å². The molecule has 0 saturated carbocycles. The van der Waals surface area contributed by atoms with E-state index in [1.165, 1.54) is 154 Å². The van der Waals surface area contributed by atoms with Crippen LogP contribution in [0.3, 0.4) is 0 Å². The van der Waals surface area contributed by atoms with Gasteiger partial charge in [-0.3, -0.25) is 0 Å². The number of nitrogens with zero attached hydrogens (tertiary/aromatic N) is 2. The predicted octanol–water partition coefficient (Wildman–Crippen LogP) is 25.3. The lowest BCUT2D eigenvalue weighted by Gasteiger charge is -2.27. The van der Waals surface area contributed by atoms with E-state index in [1.807, 2.05) is 0 Å². The number of carbonyl (C=O) groups excluding carboxylic acids is 4. The number of carbonyl (C=O) groups is 4. The number of allylic oxidation sites excluding steroid dienone is 8. The van der Waals surface area contributed by atoms with E-state index in [0.29, 0.717) is 25.7 Å². The van der Waals surface area contributed by atoms with Gasteiger partial charge in [0.05, 0.1) is 0 Å². The van der Waals surface area contributed by atoms with Crippen LogP contribution in [0.15, 0.2) is 72.9 Å². The lowest BCUT2D eigenvalue weighted by atomic mass is 10.1. The van der Waals surface area contributed by atoms with Gasteiger partial charge < -0.3 is 19.4 Å². The van der Waals surface area contributed by atoms with Crippen LogP contribution >= 0.6 is 0 Å². The van der Waals surface area contributed by atoms with Gasteiger partial charge in [0.25, 0.3) is 0 Å². The third-order valence-corrected chi connectivity index (χ3v) is 16.6. The van der Waals surface area contributed by atoms with Gasteiger partial charge in [-0.2, -0.15) is 0 Å². The number of rotatable bonds is 66. The number of anilines is 2. The smallest absolute Gasteiger partial charge is 0.306 e. The molecule has 0 radical (unpaired) electrons. The highest BCUT2D eigenvalue weighted by molar-refractivity contribution is 5.79. The minimum absolute atomic E-state index is 0.0842. The van der Waals surface area contributed by atoms with Crippen LogP contribution in [0.25, 0.3) is 0 Å². The minimum atomic E-state index is -0.560. The summed E-state index contributed by atoms with van der Waals surface area (Å²) in [6.45, 7) is 9.03. The SMILES string of the molecule is CCCCCCCC/C=C\CCCCCCCC(=O)ON(OC(=O)CCCCCCC/C=C\CCCCCCCC)c1ccccc1N(OC(=O)CCCCCCC/C=C\CCCCCCCC)OC(=O)CCCCCCC/C=C\CCCCCCCC. The van der Waals surface area contributed by atoms with Crippen molar-refractivity contribution >= 4 is 35.3 Å². The molecule has 0 heterocycles. The summed E-state index contributed by atoms with van der Waals surface area (Å²) in [7, 11) is 0. The van der Waals surface area contributed by atoms with E-state index in [4.69, 9.17) is 19.4 Å². The quantitative estimate of drug-likeness (QED) is 0.0355. The lowest BCUT2D eigenvalue weighted by molar-refractivity contribution is -0.178. The summed E-state index contributed by atoms with van der Waals surface area (Å²) in [5, 5.41) is 1.66. The first-order chi connectivity index (χ1) is 43.4. The number of benzene rings is 1. The average Bonchev–Trinajstić information content (AvgIpc) is 3.31.